The van der Waals surface area contributed by atoms with Gasteiger partial charge >= 0.3 is 0 Å². The van der Waals surface area contributed by atoms with Gasteiger partial charge in [-0.15, -0.1) is 11.3 Å². The first-order chi connectivity index (χ1) is 8.67. The van der Waals surface area contributed by atoms with Crippen LogP contribution in [0.3, 0.4) is 0 Å². The van der Waals surface area contributed by atoms with Crippen LogP contribution in [0.1, 0.15) is 17.6 Å². The molecule has 0 unspecified atom stereocenters. The highest BCUT2D eigenvalue weighted by Gasteiger charge is 2.01. The first-order valence-corrected chi connectivity index (χ1v) is 6.95. The number of H-pyrrole nitrogens is 1. The van der Waals surface area contributed by atoms with Crippen LogP contribution in [0.4, 0.5) is 5.82 Å². The molecule has 0 aromatic carbocycles. The van der Waals surface area contributed by atoms with E-state index in [1.54, 1.807) is 11.3 Å². The Bertz CT molecular complexity index is 579. The highest BCUT2D eigenvalue weighted by atomic mass is 35.5. The van der Waals surface area contributed by atoms with E-state index in [9.17, 15) is 4.79 Å². The molecule has 0 aliphatic carbocycles. The normalized spacial score (nSPS) is 10.6. The molecule has 0 amide bonds. The summed E-state index contributed by atoms with van der Waals surface area (Å²) in [5, 5.41) is 3.15. The summed E-state index contributed by atoms with van der Waals surface area (Å²) in [6.45, 7) is 2.69. The summed E-state index contributed by atoms with van der Waals surface area (Å²) in [5.74, 6) is 1.32. The number of aryl methyl sites for hydroxylation is 1. The zero-order valence-electron chi connectivity index (χ0n) is 10.00. The van der Waals surface area contributed by atoms with Gasteiger partial charge in [0.1, 0.15) is 11.6 Å². The first kappa shape index (κ1) is 13.1. The van der Waals surface area contributed by atoms with Crippen LogP contribution in [-0.2, 0) is 12.8 Å². The van der Waals surface area contributed by atoms with Crippen molar-refractivity contribution in [2.75, 3.05) is 11.9 Å². The summed E-state index contributed by atoms with van der Waals surface area (Å²) in [4.78, 5) is 19.6. The van der Waals surface area contributed by atoms with Crippen molar-refractivity contribution >= 4 is 28.8 Å². The molecule has 2 rings (SSSR count). The Labute approximate surface area is 114 Å². The SMILES string of the molecule is CCc1nc(NCCc2ccc(Cl)s2)cc(=O)[nH]1. The topological polar surface area (TPSA) is 57.8 Å². The summed E-state index contributed by atoms with van der Waals surface area (Å²) in [6, 6.07) is 5.38. The van der Waals surface area contributed by atoms with Crippen LogP contribution in [0.25, 0.3) is 0 Å². The van der Waals surface area contributed by atoms with Crippen molar-refractivity contribution in [3.05, 3.63) is 43.6 Å². The standard InChI is InChI=1S/C12H14ClN3OS/c1-2-10-15-11(7-12(17)16-10)14-6-5-8-3-4-9(13)18-8/h3-4,7H,2,5-6H2,1H3,(H2,14,15,16,17). The maximum Gasteiger partial charge on any atom is 0.252 e. The largest absolute Gasteiger partial charge is 0.369 e. The van der Waals surface area contributed by atoms with E-state index in [0.717, 1.165) is 17.3 Å². The van der Waals surface area contributed by atoms with E-state index >= 15 is 0 Å². The lowest BCUT2D eigenvalue weighted by Gasteiger charge is -2.05. The zero-order valence-corrected chi connectivity index (χ0v) is 11.6. The molecule has 0 aliphatic rings. The van der Waals surface area contributed by atoms with Crippen molar-refractivity contribution in [2.45, 2.75) is 19.8 Å². The number of aromatic amines is 1. The fourth-order valence-electron chi connectivity index (χ4n) is 1.57. The molecule has 2 N–H and O–H groups in total. The third-order valence-corrected chi connectivity index (χ3v) is 3.72. The summed E-state index contributed by atoms with van der Waals surface area (Å²) >= 11 is 7.43. The Balaban J connectivity index is 1.94. The van der Waals surface area contributed by atoms with Gasteiger partial charge in [0.15, 0.2) is 0 Å². The molecule has 0 radical (unpaired) electrons. The van der Waals surface area contributed by atoms with Gasteiger partial charge in [0.2, 0.25) is 0 Å². The Hall–Kier alpha value is -1.33. The highest BCUT2D eigenvalue weighted by Crippen LogP contribution is 2.21. The van der Waals surface area contributed by atoms with E-state index in [0.29, 0.717) is 18.1 Å². The minimum absolute atomic E-state index is 0.122. The Morgan fingerprint density at radius 1 is 1.50 bits per heavy atom. The molecule has 0 aliphatic heterocycles. The monoisotopic (exact) mass is 283 g/mol. The molecule has 96 valence electrons. The van der Waals surface area contributed by atoms with Crippen molar-refractivity contribution in [2.24, 2.45) is 0 Å². The lowest BCUT2D eigenvalue weighted by molar-refractivity contribution is 0.911. The van der Waals surface area contributed by atoms with Crippen LogP contribution >= 0.6 is 22.9 Å². The van der Waals surface area contributed by atoms with E-state index < -0.39 is 0 Å². The molecule has 0 saturated carbocycles. The lowest BCUT2D eigenvalue weighted by atomic mass is 10.3. The maximum absolute atomic E-state index is 11.4. The fraction of sp³-hybridized carbons (Fsp3) is 0.333. The van der Waals surface area contributed by atoms with Crippen molar-refractivity contribution in [3.8, 4) is 0 Å². The molecule has 2 heterocycles. The van der Waals surface area contributed by atoms with Crippen LogP contribution in [0.2, 0.25) is 4.34 Å². The van der Waals surface area contributed by atoms with Gasteiger partial charge in [0.25, 0.3) is 5.56 Å². The molecule has 6 heteroatoms. The van der Waals surface area contributed by atoms with Crippen molar-refractivity contribution < 1.29 is 0 Å². The number of aromatic nitrogens is 2. The van der Waals surface area contributed by atoms with Crippen molar-refractivity contribution in [1.29, 1.82) is 0 Å². The molecule has 4 nitrogen and oxygen atoms in total. The van der Waals surface area contributed by atoms with E-state index in [1.165, 1.54) is 10.9 Å². The average molecular weight is 284 g/mol. The van der Waals surface area contributed by atoms with Gasteiger partial charge in [-0.3, -0.25) is 4.79 Å². The van der Waals surface area contributed by atoms with Crippen molar-refractivity contribution in [3.63, 3.8) is 0 Å². The number of anilines is 1. The summed E-state index contributed by atoms with van der Waals surface area (Å²) in [7, 11) is 0. The predicted molar refractivity (Wildman–Crippen MR) is 75.8 cm³/mol. The molecule has 0 atom stereocenters. The second-order valence-corrected chi connectivity index (χ2v) is 5.61. The summed E-state index contributed by atoms with van der Waals surface area (Å²) < 4.78 is 0.799. The van der Waals surface area contributed by atoms with Crippen LogP contribution in [0, 0.1) is 0 Å². The summed E-state index contributed by atoms with van der Waals surface area (Å²) in [5.41, 5.74) is -0.122. The smallest absolute Gasteiger partial charge is 0.252 e. The van der Waals surface area contributed by atoms with Crippen LogP contribution in [-0.4, -0.2) is 16.5 Å². The van der Waals surface area contributed by atoms with E-state index in [1.807, 2.05) is 19.1 Å². The van der Waals surface area contributed by atoms with Gasteiger partial charge in [-0.1, -0.05) is 18.5 Å². The minimum atomic E-state index is -0.122. The number of rotatable bonds is 5. The minimum Gasteiger partial charge on any atom is -0.369 e. The Morgan fingerprint density at radius 3 is 3.00 bits per heavy atom. The van der Waals surface area contributed by atoms with Crippen molar-refractivity contribution in [1.82, 2.24) is 9.97 Å². The van der Waals surface area contributed by atoms with Gasteiger partial charge in [-0.05, 0) is 18.6 Å². The molecular weight excluding hydrogens is 270 g/mol. The van der Waals surface area contributed by atoms with Gasteiger partial charge in [-0.25, -0.2) is 4.98 Å². The fourth-order valence-corrected chi connectivity index (χ4v) is 2.65. The lowest BCUT2D eigenvalue weighted by Crippen LogP contribution is -2.14. The molecule has 0 spiro atoms. The second kappa shape index (κ2) is 6.02. The Morgan fingerprint density at radius 2 is 2.33 bits per heavy atom. The van der Waals surface area contributed by atoms with Crippen LogP contribution < -0.4 is 10.9 Å². The maximum atomic E-state index is 11.4. The number of thiophene rings is 1. The van der Waals surface area contributed by atoms with Crippen LogP contribution in [0.5, 0.6) is 0 Å². The van der Waals surface area contributed by atoms with Crippen LogP contribution in [0.15, 0.2) is 23.0 Å². The van der Waals surface area contributed by atoms with E-state index in [4.69, 9.17) is 11.6 Å². The van der Waals surface area contributed by atoms with Gasteiger partial charge < -0.3 is 10.3 Å². The summed E-state index contributed by atoms with van der Waals surface area (Å²) in [6.07, 6.45) is 1.58. The molecule has 0 bridgehead atoms. The quantitative estimate of drug-likeness (QED) is 0.887. The molecule has 18 heavy (non-hydrogen) atoms. The van der Waals surface area contributed by atoms with Gasteiger partial charge in [-0.2, -0.15) is 0 Å². The molecule has 0 saturated heterocycles. The number of nitrogens with one attached hydrogen (secondary N) is 2. The number of halogens is 1. The van der Waals surface area contributed by atoms with Gasteiger partial charge in [0, 0.05) is 23.9 Å². The second-order valence-electron chi connectivity index (χ2n) is 3.81. The average Bonchev–Trinajstić information content (AvgIpc) is 2.74. The highest BCUT2D eigenvalue weighted by molar-refractivity contribution is 7.16. The van der Waals surface area contributed by atoms with E-state index in [-0.39, 0.29) is 5.56 Å². The third kappa shape index (κ3) is 3.58. The molecule has 2 aromatic rings. The molecule has 2 aromatic heterocycles. The third-order valence-electron chi connectivity index (χ3n) is 2.43. The molecule has 0 fully saturated rings. The number of nitrogens with zero attached hydrogens (tertiary/aromatic N) is 1. The van der Waals surface area contributed by atoms with Gasteiger partial charge in [0.05, 0.1) is 4.34 Å². The first-order valence-electron chi connectivity index (χ1n) is 5.75. The predicted octanol–water partition coefficient (Wildman–Crippen LogP) is 2.70. The Kier molecular flexibility index (Phi) is 4.38. The van der Waals surface area contributed by atoms with E-state index in [2.05, 4.69) is 15.3 Å². The number of hydrogen-bond acceptors (Lipinski definition) is 4. The zero-order chi connectivity index (χ0) is 13.0. The molecular formula is C12H14ClN3OS. The number of hydrogen-bond donors (Lipinski definition) is 2.